The van der Waals surface area contributed by atoms with Crippen LogP contribution in [0.2, 0.25) is 0 Å². The van der Waals surface area contributed by atoms with E-state index in [0.29, 0.717) is 0 Å². The van der Waals surface area contributed by atoms with Crippen molar-refractivity contribution >= 4 is 11.9 Å². The second-order valence-corrected chi connectivity index (χ2v) is 4.61. The number of nitrogens with one attached hydrogen (secondary N) is 1. The monoisotopic (exact) mass is 257 g/mol. The van der Waals surface area contributed by atoms with E-state index in [0.717, 1.165) is 24.9 Å². The van der Waals surface area contributed by atoms with Gasteiger partial charge >= 0.3 is 0 Å². The molecule has 0 spiro atoms. The van der Waals surface area contributed by atoms with Gasteiger partial charge in [0.25, 0.3) is 5.91 Å². The molecule has 1 amide bonds. The highest BCUT2D eigenvalue weighted by Crippen LogP contribution is 2.32. The zero-order valence-corrected chi connectivity index (χ0v) is 10.4. The first-order chi connectivity index (χ1) is 9.25. The number of nitrogens with zero attached hydrogens (tertiary/aromatic N) is 3. The SMILES string of the molecule is Nc1n[nH]c(C(=O)N2CCCC2c2ccccc2)n1. The van der Waals surface area contributed by atoms with Crippen LogP contribution in [0, 0.1) is 0 Å². The number of anilines is 1. The molecule has 6 nitrogen and oxygen atoms in total. The Kier molecular flexibility index (Phi) is 2.91. The van der Waals surface area contributed by atoms with Gasteiger partial charge < -0.3 is 10.6 Å². The zero-order chi connectivity index (χ0) is 13.2. The number of nitrogens with two attached hydrogens (primary N) is 1. The van der Waals surface area contributed by atoms with Gasteiger partial charge in [-0.25, -0.2) is 0 Å². The number of hydrogen-bond donors (Lipinski definition) is 2. The number of nitrogen functional groups attached to an aromatic ring is 1. The standard InChI is InChI=1S/C13H15N5O/c14-13-15-11(16-17-13)12(19)18-8-4-7-10(18)9-5-2-1-3-6-9/h1-3,5-6,10H,4,7-8H2,(H3,14,15,16,17). The summed E-state index contributed by atoms with van der Waals surface area (Å²) in [4.78, 5) is 18.1. The van der Waals surface area contributed by atoms with Crippen LogP contribution < -0.4 is 5.73 Å². The molecule has 6 heteroatoms. The molecule has 1 aromatic carbocycles. The normalized spacial score (nSPS) is 18.7. The number of carbonyl (C=O) groups excluding carboxylic acids is 1. The minimum absolute atomic E-state index is 0.0961. The number of benzene rings is 1. The Morgan fingerprint density at radius 3 is 2.84 bits per heavy atom. The first-order valence-electron chi connectivity index (χ1n) is 6.29. The van der Waals surface area contributed by atoms with Crippen molar-refractivity contribution in [3.8, 4) is 0 Å². The Balaban J connectivity index is 1.86. The number of aromatic amines is 1. The lowest BCUT2D eigenvalue weighted by molar-refractivity contribution is 0.0723. The third-order valence-electron chi connectivity index (χ3n) is 3.40. The van der Waals surface area contributed by atoms with Gasteiger partial charge in [0.05, 0.1) is 6.04 Å². The molecule has 1 fully saturated rings. The van der Waals surface area contributed by atoms with Crippen molar-refractivity contribution in [2.75, 3.05) is 12.3 Å². The average Bonchev–Trinajstić information content (AvgIpc) is 3.07. The van der Waals surface area contributed by atoms with E-state index in [1.165, 1.54) is 0 Å². The predicted octanol–water partition coefficient (Wildman–Crippen LogP) is 1.36. The van der Waals surface area contributed by atoms with E-state index in [9.17, 15) is 4.79 Å². The third kappa shape index (κ3) is 2.16. The lowest BCUT2D eigenvalue weighted by Gasteiger charge is -2.23. The maximum absolute atomic E-state index is 12.4. The van der Waals surface area contributed by atoms with Crippen LogP contribution >= 0.6 is 0 Å². The molecule has 1 saturated heterocycles. The minimum atomic E-state index is -0.143. The summed E-state index contributed by atoms with van der Waals surface area (Å²) in [6, 6.07) is 10.2. The molecule has 2 aromatic rings. The highest BCUT2D eigenvalue weighted by atomic mass is 16.2. The van der Waals surface area contributed by atoms with E-state index in [-0.39, 0.29) is 23.7 Å². The first kappa shape index (κ1) is 11.7. The lowest BCUT2D eigenvalue weighted by Crippen LogP contribution is -2.31. The van der Waals surface area contributed by atoms with Crippen molar-refractivity contribution in [3.63, 3.8) is 0 Å². The van der Waals surface area contributed by atoms with Gasteiger partial charge in [0, 0.05) is 6.54 Å². The van der Waals surface area contributed by atoms with Crippen LogP contribution in [0.15, 0.2) is 30.3 Å². The molecule has 0 bridgehead atoms. The van der Waals surface area contributed by atoms with E-state index in [1.807, 2.05) is 35.2 Å². The summed E-state index contributed by atoms with van der Waals surface area (Å²) in [6.45, 7) is 0.735. The zero-order valence-electron chi connectivity index (χ0n) is 10.4. The van der Waals surface area contributed by atoms with Crippen LogP contribution in [0.3, 0.4) is 0 Å². The van der Waals surface area contributed by atoms with Crippen LogP contribution in [0.1, 0.15) is 35.1 Å². The van der Waals surface area contributed by atoms with Crippen molar-refractivity contribution in [3.05, 3.63) is 41.7 Å². The summed E-state index contributed by atoms with van der Waals surface area (Å²) in [6.07, 6.45) is 1.97. The van der Waals surface area contributed by atoms with Gasteiger partial charge in [-0.3, -0.25) is 9.89 Å². The van der Waals surface area contributed by atoms with Crippen molar-refractivity contribution in [2.45, 2.75) is 18.9 Å². The van der Waals surface area contributed by atoms with Crippen LogP contribution in [0.25, 0.3) is 0 Å². The second-order valence-electron chi connectivity index (χ2n) is 4.61. The summed E-state index contributed by atoms with van der Waals surface area (Å²) in [5.41, 5.74) is 6.59. The largest absolute Gasteiger partial charge is 0.366 e. The van der Waals surface area contributed by atoms with Crippen LogP contribution in [0.4, 0.5) is 5.95 Å². The first-order valence-corrected chi connectivity index (χ1v) is 6.29. The van der Waals surface area contributed by atoms with Gasteiger partial charge in [-0.1, -0.05) is 30.3 Å². The molecular weight excluding hydrogens is 242 g/mol. The molecule has 98 valence electrons. The van der Waals surface area contributed by atoms with E-state index < -0.39 is 0 Å². The van der Waals surface area contributed by atoms with Gasteiger partial charge in [-0.2, -0.15) is 4.98 Å². The van der Waals surface area contributed by atoms with Gasteiger partial charge in [0.15, 0.2) is 0 Å². The Bertz CT molecular complexity index is 580. The molecule has 1 aliphatic heterocycles. The van der Waals surface area contributed by atoms with E-state index in [4.69, 9.17) is 5.73 Å². The Morgan fingerprint density at radius 2 is 2.16 bits per heavy atom. The summed E-state index contributed by atoms with van der Waals surface area (Å²) in [7, 11) is 0. The van der Waals surface area contributed by atoms with E-state index >= 15 is 0 Å². The number of H-pyrrole nitrogens is 1. The van der Waals surface area contributed by atoms with Crippen molar-refractivity contribution < 1.29 is 4.79 Å². The maximum Gasteiger partial charge on any atom is 0.291 e. The van der Waals surface area contributed by atoms with Gasteiger partial charge in [0.2, 0.25) is 11.8 Å². The molecular formula is C13H15N5O. The molecule has 1 aliphatic rings. The van der Waals surface area contributed by atoms with Gasteiger partial charge in [-0.15, -0.1) is 5.10 Å². The number of aromatic nitrogens is 3. The average molecular weight is 257 g/mol. The topological polar surface area (TPSA) is 87.9 Å². The summed E-state index contributed by atoms with van der Waals surface area (Å²) >= 11 is 0. The van der Waals surface area contributed by atoms with Crippen molar-refractivity contribution in [2.24, 2.45) is 0 Å². The minimum Gasteiger partial charge on any atom is -0.366 e. The highest BCUT2D eigenvalue weighted by Gasteiger charge is 2.31. The molecule has 1 aromatic heterocycles. The molecule has 19 heavy (non-hydrogen) atoms. The number of hydrogen-bond acceptors (Lipinski definition) is 4. The molecule has 2 heterocycles. The fourth-order valence-electron chi connectivity index (χ4n) is 2.54. The fraction of sp³-hybridized carbons (Fsp3) is 0.308. The van der Waals surface area contributed by atoms with Crippen molar-refractivity contribution in [1.82, 2.24) is 20.1 Å². The summed E-state index contributed by atoms with van der Waals surface area (Å²) in [5, 5.41) is 6.28. The second kappa shape index (κ2) is 4.72. The summed E-state index contributed by atoms with van der Waals surface area (Å²) < 4.78 is 0. The third-order valence-corrected chi connectivity index (χ3v) is 3.40. The Morgan fingerprint density at radius 1 is 1.37 bits per heavy atom. The molecule has 0 radical (unpaired) electrons. The quantitative estimate of drug-likeness (QED) is 0.850. The van der Waals surface area contributed by atoms with Gasteiger partial charge in [-0.05, 0) is 18.4 Å². The van der Waals surface area contributed by atoms with Crippen LogP contribution in [-0.4, -0.2) is 32.5 Å². The number of amides is 1. The Hall–Kier alpha value is -2.37. The predicted molar refractivity (Wildman–Crippen MR) is 70.2 cm³/mol. The molecule has 3 rings (SSSR count). The number of carbonyl (C=O) groups is 1. The highest BCUT2D eigenvalue weighted by molar-refractivity contribution is 5.91. The van der Waals surface area contributed by atoms with Gasteiger partial charge in [0.1, 0.15) is 0 Å². The molecule has 0 saturated carbocycles. The summed E-state index contributed by atoms with van der Waals surface area (Å²) in [5.74, 6) is 0.162. The fourth-order valence-corrected chi connectivity index (χ4v) is 2.54. The van der Waals surface area contributed by atoms with E-state index in [1.54, 1.807) is 0 Å². The molecule has 3 N–H and O–H groups in total. The molecule has 1 atom stereocenters. The van der Waals surface area contributed by atoms with E-state index in [2.05, 4.69) is 15.2 Å². The number of likely N-dealkylation sites (tertiary alicyclic amines) is 1. The van der Waals surface area contributed by atoms with Crippen LogP contribution in [-0.2, 0) is 0 Å². The Labute approximate surface area is 110 Å². The molecule has 1 unspecified atom stereocenters. The number of rotatable bonds is 2. The smallest absolute Gasteiger partial charge is 0.291 e. The van der Waals surface area contributed by atoms with Crippen molar-refractivity contribution in [1.29, 1.82) is 0 Å². The maximum atomic E-state index is 12.4. The van der Waals surface area contributed by atoms with Crippen LogP contribution in [0.5, 0.6) is 0 Å². The molecule has 0 aliphatic carbocycles. The lowest BCUT2D eigenvalue weighted by atomic mass is 10.0.